The zero-order valence-corrected chi connectivity index (χ0v) is 29.3. The molecule has 276 valence electrons. The van der Waals surface area contributed by atoms with Crippen LogP contribution >= 0.6 is 0 Å². The van der Waals surface area contributed by atoms with E-state index in [0.29, 0.717) is 12.8 Å². The molecule has 0 aromatic heterocycles. The summed E-state index contributed by atoms with van der Waals surface area (Å²) < 4.78 is 21.6. The van der Waals surface area contributed by atoms with Crippen molar-refractivity contribution >= 4 is 17.9 Å². The van der Waals surface area contributed by atoms with Crippen molar-refractivity contribution in [3.8, 4) is 0 Å². The zero-order chi connectivity index (χ0) is 34.7. The predicted molar refractivity (Wildman–Crippen MR) is 179 cm³/mol. The Bertz CT molecular complexity index is 808. The minimum Gasteiger partial charge on any atom is -0.479 e. The van der Waals surface area contributed by atoms with Gasteiger partial charge in [-0.15, -0.1) is 0 Å². The number of aliphatic carboxylic acids is 1. The van der Waals surface area contributed by atoms with Gasteiger partial charge in [0.1, 0.15) is 24.9 Å². The third-order valence-electron chi connectivity index (χ3n) is 8.71. The molecule has 0 aromatic rings. The zero-order valence-electron chi connectivity index (χ0n) is 29.3. The molecule has 1 rings (SSSR count). The number of carbonyl (C=O) groups excluding carboxylic acids is 2. The number of ether oxygens (including phenoxy) is 4. The Balaban J connectivity index is 2.45. The van der Waals surface area contributed by atoms with Crippen molar-refractivity contribution in [2.45, 2.75) is 198 Å². The molecule has 47 heavy (non-hydrogen) atoms. The van der Waals surface area contributed by atoms with Crippen LogP contribution in [0.1, 0.15) is 162 Å². The summed E-state index contributed by atoms with van der Waals surface area (Å²) in [7, 11) is 0. The first kappa shape index (κ1) is 43.2. The molecule has 0 aliphatic carbocycles. The van der Waals surface area contributed by atoms with Crippen molar-refractivity contribution in [1.82, 2.24) is 0 Å². The maximum atomic E-state index is 12.6. The minimum absolute atomic E-state index is 0.188. The number of hydrogen-bond donors (Lipinski definition) is 4. The average molecular weight is 675 g/mol. The maximum absolute atomic E-state index is 12.6. The fourth-order valence-corrected chi connectivity index (χ4v) is 5.70. The summed E-state index contributed by atoms with van der Waals surface area (Å²) in [6, 6.07) is 0. The number of hydrogen-bond acceptors (Lipinski definition) is 10. The molecule has 1 aliphatic rings. The van der Waals surface area contributed by atoms with Crippen LogP contribution in [0.4, 0.5) is 0 Å². The van der Waals surface area contributed by atoms with Crippen molar-refractivity contribution in [2.75, 3.05) is 13.2 Å². The Labute approximate surface area is 283 Å². The predicted octanol–water partition coefficient (Wildman–Crippen LogP) is 6.36. The normalized spacial score (nSPS) is 21.8. The molecule has 11 nitrogen and oxygen atoms in total. The highest BCUT2D eigenvalue weighted by molar-refractivity contribution is 5.73. The van der Waals surface area contributed by atoms with Crippen molar-refractivity contribution in [3.05, 3.63) is 0 Å². The second-order valence-corrected chi connectivity index (χ2v) is 13.1. The SMILES string of the molecule is CCCCCCCCCCCCCCC(=O)OCC(COC1OC(C(=O)O)C(O)C(O)C1O)OC(=O)CCCCCCCCCCC. The summed E-state index contributed by atoms with van der Waals surface area (Å²) in [5.41, 5.74) is 0. The first-order chi connectivity index (χ1) is 22.7. The molecule has 6 unspecified atom stereocenters. The van der Waals surface area contributed by atoms with Gasteiger partial charge in [0.2, 0.25) is 0 Å². The second-order valence-electron chi connectivity index (χ2n) is 13.1. The fourth-order valence-electron chi connectivity index (χ4n) is 5.70. The van der Waals surface area contributed by atoms with Crippen LogP contribution in [0.2, 0.25) is 0 Å². The summed E-state index contributed by atoms with van der Waals surface area (Å²) in [6.45, 7) is 3.76. The van der Waals surface area contributed by atoms with E-state index in [2.05, 4.69) is 13.8 Å². The number of aliphatic hydroxyl groups is 3. The third kappa shape index (κ3) is 21.0. The highest BCUT2D eigenvalue weighted by Crippen LogP contribution is 2.23. The molecule has 0 radical (unpaired) electrons. The number of carboxylic acids is 1. The van der Waals surface area contributed by atoms with Gasteiger partial charge in [-0.25, -0.2) is 4.79 Å². The topological polar surface area (TPSA) is 169 Å². The summed E-state index contributed by atoms with van der Waals surface area (Å²) in [5, 5.41) is 39.5. The van der Waals surface area contributed by atoms with Gasteiger partial charge >= 0.3 is 17.9 Å². The molecule has 0 amide bonds. The van der Waals surface area contributed by atoms with Gasteiger partial charge in [0, 0.05) is 12.8 Å². The molecule has 11 heteroatoms. The van der Waals surface area contributed by atoms with Gasteiger partial charge < -0.3 is 39.4 Å². The van der Waals surface area contributed by atoms with Crippen LogP contribution < -0.4 is 0 Å². The Hall–Kier alpha value is -1.79. The number of aliphatic hydroxyl groups excluding tert-OH is 3. The molecule has 1 fully saturated rings. The summed E-state index contributed by atoms with van der Waals surface area (Å²) >= 11 is 0. The summed E-state index contributed by atoms with van der Waals surface area (Å²) in [5.74, 6) is -2.44. The van der Waals surface area contributed by atoms with Crippen LogP contribution in [0.5, 0.6) is 0 Å². The Morgan fingerprint density at radius 3 is 1.45 bits per heavy atom. The van der Waals surface area contributed by atoms with Gasteiger partial charge in [0.15, 0.2) is 18.5 Å². The Morgan fingerprint density at radius 2 is 1.00 bits per heavy atom. The molecule has 0 aromatic carbocycles. The molecule has 0 saturated carbocycles. The number of carboxylic acid groups (broad SMARTS) is 1. The Kier molecular flexibility index (Phi) is 25.8. The largest absolute Gasteiger partial charge is 0.479 e. The van der Waals surface area contributed by atoms with E-state index in [1.54, 1.807) is 0 Å². The third-order valence-corrected chi connectivity index (χ3v) is 8.71. The van der Waals surface area contributed by atoms with Crippen molar-refractivity contribution in [1.29, 1.82) is 0 Å². The van der Waals surface area contributed by atoms with Crippen LogP contribution in [-0.4, -0.2) is 88.4 Å². The lowest BCUT2D eigenvalue weighted by molar-refractivity contribution is -0.298. The molecule has 4 N–H and O–H groups in total. The smallest absolute Gasteiger partial charge is 0.335 e. The molecule has 1 aliphatic heterocycles. The molecular weight excluding hydrogens is 608 g/mol. The standard InChI is InChI=1S/C36H66O11/c1-3-5-7-9-11-13-14-15-17-18-20-22-24-29(37)44-26-28(46-30(38)25-23-21-19-16-12-10-8-6-4-2)27-45-36-33(41)31(39)32(40)34(47-36)35(42)43/h28,31-34,36,39-41H,3-27H2,1-2H3,(H,42,43). The lowest BCUT2D eigenvalue weighted by Crippen LogP contribution is -2.60. The first-order valence-corrected chi connectivity index (χ1v) is 18.6. The first-order valence-electron chi connectivity index (χ1n) is 18.6. The minimum atomic E-state index is -1.85. The number of unbranched alkanes of at least 4 members (excludes halogenated alkanes) is 19. The van der Waals surface area contributed by atoms with Gasteiger partial charge in [-0.05, 0) is 12.8 Å². The van der Waals surface area contributed by atoms with Gasteiger partial charge in [0.25, 0.3) is 0 Å². The molecule has 0 bridgehead atoms. The summed E-state index contributed by atoms with van der Waals surface area (Å²) in [6.07, 6.45) is 14.6. The quantitative estimate of drug-likeness (QED) is 0.0494. The average Bonchev–Trinajstić information content (AvgIpc) is 3.05. The van der Waals surface area contributed by atoms with Crippen LogP contribution in [0, 0.1) is 0 Å². The van der Waals surface area contributed by atoms with Gasteiger partial charge in [0.05, 0.1) is 6.61 Å². The maximum Gasteiger partial charge on any atom is 0.335 e. The van der Waals surface area contributed by atoms with Crippen molar-refractivity contribution in [3.63, 3.8) is 0 Å². The molecular formula is C36H66O11. The Morgan fingerprint density at radius 1 is 0.574 bits per heavy atom. The number of esters is 2. The van der Waals surface area contributed by atoms with E-state index in [1.807, 2.05) is 0 Å². The highest BCUT2D eigenvalue weighted by Gasteiger charge is 2.47. The van der Waals surface area contributed by atoms with Crippen LogP contribution in [0.15, 0.2) is 0 Å². The lowest BCUT2D eigenvalue weighted by atomic mass is 9.99. The molecule has 1 heterocycles. The second kappa shape index (κ2) is 28.1. The van der Waals surface area contributed by atoms with Gasteiger partial charge in [-0.3, -0.25) is 9.59 Å². The van der Waals surface area contributed by atoms with E-state index in [-0.39, 0.29) is 26.1 Å². The van der Waals surface area contributed by atoms with E-state index >= 15 is 0 Å². The van der Waals surface area contributed by atoms with Crippen molar-refractivity contribution < 1.29 is 53.8 Å². The van der Waals surface area contributed by atoms with E-state index in [0.717, 1.165) is 38.5 Å². The number of carbonyl (C=O) groups is 3. The van der Waals surface area contributed by atoms with Gasteiger partial charge in [-0.2, -0.15) is 0 Å². The monoisotopic (exact) mass is 674 g/mol. The van der Waals surface area contributed by atoms with Crippen LogP contribution in [0.3, 0.4) is 0 Å². The highest BCUT2D eigenvalue weighted by atomic mass is 16.7. The van der Waals surface area contributed by atoms with Crippen LogP contribution in [-0.2, 0) is 33.3 Å². The van der Waals surface area contributed by atoms with E-state index in [1.165, 1.54) is 83.5 Å². The summed E-state index contributed by atoms with van der Waals surface area (Å²) in [4.78, 5) is 36.5. The van der Waals surface area contributed by atoms with E-state index < -0.39 is 54.7 Å². The lowest BCUT2D eigenvalue weighted by Gasteiger charge is -2.38. The van der Waals surface area contributed by atoms with Crippen molar-refractivity contribution in [2.24, 2.45) is 0 Å². The fraction of sp³-hybridized carbons (Fsp3) is 0.917. The molecule has 6 atom stereocenters. The van der Waals surface area contributed by atoms with E-state index in [9.17, 15) is 34.8 Å². The molecule has 1 saturated heterocycles. The van der Waals surface area contributed by atoms with Crippen LogP contribution in [0.25, 0.3) is 0 Å². The van der Waals surface area contributed by atoms with E-state index in [4.69, 9.17) is 18.9 Å². The van der Waals surface area contributed by atoms with Gasteiger partial charge in [-0.1, -0.05) is 136 Å². The molecule has 0 spiro atoms. The number of rotatable bonds is 30.